The van der Waals surface area contributed by atoms with Crippen molar-refractivity contribution in [3.63, 3.8) is 0 Å². The summed E-state index contributed by atoms with van der Waals surface area (Å²) < 4.78 is 5.54. The molecular weight excluding hydrogens is 224 g/mol. The number of ether oxygens (including phenoxy) is 1. The number of hydrogen-bond donors (Lipinski definition) is 1. The number of nitrogens with zero attached hydrogens (tertiary/aromatic N) is 1. The number of nitrogens with one attached hydrogen (secondary N) is 1. The van der Waals surface area contributed by atoms with Crippen molar-refractivity contribution in [1.82, 2.24) is 10.2 Å². The van der Waals surface area contributed by atoms with E-state index in [1.165, 1.54) is 38.5 Å². The Morgan fingerprint density at radius 1 is 1.22 bits per heavy atom. The van der Waals surface area contributed by atoms with Gasteiger partial charge in [-0.15, -0.1) is 0 Å². The largest absolute Gasteiger partial charge is 0.381 e. The predicted octanol–water partition coefficient (Wildman–Crippen LogP) is 2.27. The average Bonchev–Trinajstić information content (AvgIpc) is 2.87. The topological polar surface area (TPSA) is 24.5 Å². The minimum Gasteiger partial charge on any atom is -0.381 e. The second-order valence-corrected chi connectivity index (χ2v) is 6.19. The van der Waals surface area contributed by atoms with Crippen molar-refractivity contribution in [2.45, 2.75) is 57.0 Å². The molecule has 0 aromatic carbocycles. The van der Waals surface area contributed by atoms with Crippen LogP contribution in [0.2, 0.25) is 0 Å². The van der Waals surface area contributed by atoms with Crippen LogP contribution in [-0.4, -0.2) is 50.3 Å². The van der Waals surface area contributed by atoms with Crippen LogP contribution < -0.4 is 5.32 Å². The molecule has 0 aromatic rings. The van der Waals surface area contributed by atoms with E-state index in [1.54, 1.807) is 0 Å². The first kappa shape index (κ1) is 14.3. The Morgan fingerprint density at radius 3 is 2.33 bits per heavy atom. The molecule has 2 rings (SSSR count). The van der Waals surface area contributed by atoms with Gasteiger partial charge in [0.1, 0.15) is 0 Å². The minimum atomic E-state index is 0.387. The summed E-state index contributed by atoms with van der Waals surface area (Å²) in [4.78, 5) is 2.50. The van der Waals surface area contributed by atoms with Gasteiger partial charge in [0.25, 0.3) is 0 Å². The predicted molar refractivity (Wildman–Crippen MR) is 75.9 cm³/mol. The van der Waals surface area contributed by atoms with E-state index in [2.05, 4.69) is 31.2 Å². The lowest BCUT2D eigenvalue weighted by Gasteiger charge is -2.48. The van der Waals surface area contributed by atoms with Crippen LogP contribution in [0.4, 0.5) is 0 Å². The Labute approximate surface area is 112 Å². The number of hydrogen-bond acceptors (Lipinski definition) is 3. The molecule has 1 unspecified atom stereocenters. The van der Waals surface area contributed by atoms with Crippen LogP contribution >= 0.6 is 0 Å². The maximum atomic E-state index is 5.54. The monoisotopic (exact) mass is 254 g/mol. The smallest absolute Gasteiger partial charge is 0.0469 e. The van der Waals surface area contributed by atoms with Gasteiger partial charge < -0.3 is 15.0 Å². The fourth-order valence-corrected chi connectivity index (χ4v) is 4.09. The first-order valence-electron chi connectivity index (χ1n) is 7.69. The van der Waals surface area contributed by atoms with Gasteiger partial charge in [0.2, 0.25) is 0 Å². The Bertz CT molecular complexity index is 243. The molecule has 1 aliphatic carbocycles. The van der Waals surface area contributed by atoms with Crippen LogP contribution in [0.25, 0.3) is 0 Å². The van der Waals surface area contributed by atoms with Gasteiger partial charge in [0.05, 0.1) is 0 Å². The molecular formula is C15H30N2O. The van der Waals surface area contributed by atoms with Gasteiger partial charge in [0, 0.05) is 24.8 Å². The molecule has 0 aromatic heterocycles. The molecule has 1 atom stereocenters. The molecule has 1 saturated heterocycles. The highest BCUT2D eigenvalue weighted by atomic mass is 16.5. The van der Waals surface area contributed by atoms with E-state index in [0.717, 1.165) is 25.7 Å². The summed E-state index contributed by atoms with van der Waals surface area (Å²) in [6.45, 7) is 5.23. The van der Waals surface area contributed by atoms with Crippen molar-refractivity contribution >= 4 is 0 Å². The summed E-state index contributed by atoms with van der Waals surface area (Å²) in [5, 5.41) is 3.82. The normalized spacial score (nSPS) is 26.7. The molecule has 1 aliphatic heterocycles. The van der Waals surface area contributed by atoms with Crippen molar-refractivity contribution in [1.29, 1.82) is 0 Å². The molecule has 1 saturated carbocycles. The Morgan fingerprint density at radius 2 is 1.83 bits per heavy atom. The van der Waals surface area contributed by atoms with Gasteiger partial charge >= 0.3 is 0 Å². The van der Waals surface area contributed by atoms with E-state index < -0.39 is 0 Å². The van der Waals surface area contributed by atoms with Crippen molar-refractivity contribution in [2.24, 2.45) is 5.92 Å². The Balaban J connectivity index is 2.15. The third-order valence-electron chi connectivity index (χ3n) is 5.10. The van der Waals surface area contributed by atoms with Gasteiger partial charge in [-0.2, -0.15) is 0 Å². The average molecular weight is 254 g/mol. The van der Waals surface area contributed by atoms with Crippen LogP contribution in [0.5, 0.6) is 0 Å². The van der Waals surface area contributed by atoms with Crippen LogP contribution in [-0.2, 0) is 4.74 Å². The zero-order valence-electron chi connectivity index (χ0n) is 12.4. The fraction of sp³-hybridized carbons (Fsp3) is 1.00. The second kappa shape index (κ2) is 6.36. The Hall–Kier alpha value is -0.120. The second-order valence-electron chi connectivity index (χ2n) is 6.19. The molecule has 0 amide bonds. The molecule has 3 heteroatoms. The third kappa shape index (κ3) is 2.73. The zero-order valence-corrected chi connectivity index (χ0v) is 12.4. The molecule has 0 radical (unpaired) electrons. The first-order chi connectivity index (χ1) is 8.70. The SMILES string of the molecule is CCNC(C1CCOCC1)C1(N(C)C)CCCC1. The lowest BCUT2D eigenvalue weighted by atomic mass is 9.76. The molecule has 2 fully saturated rings. The number of likely N-dealkylation sites (N-methyl/N-ethyl adjacent to an activating group) is 2. The maximum Gasteiger partial charge on any atom is 0.0469 e. The lowest BCUT2D eigenvalue weighted by Crippen LogP contribution is -2.61. The van der Waals surface area contributed by atoms with E-state index in [9.17, 15) is 0 Å². The van der Waals surface area contributed by atoms with E-state index in [1.807, 2.05) is 0 Å². The highest BCUT2D eigenvalue weighted by Gasteiger charge is 2.46. The summed E-state index contributed by atoms with van der Waals surface area (Å²) >= 11 is 0. The van der Waals surface area contributed by atoms with E-state index in [0.29, 0.717) is 11.6 Å². The van der Waals surface area contributed by atoms with Gasteiger partial charge in [0.15, 0.2) is 0 Å². The van der Waals surface area contributed by atoms with Gasteiger partial charge in [-0.1, -0.05) is 19.8 Å². The van der Waals surface area contributed by atoms with Gasteiger partial charge in [-0.25, -0.2) is 0 Å². The molecule has 1 N–H and O–H groups in total. The van der Waals surface area contributed by atoms with E-state index in [4.69, 9.17) is 4.74 Å². The molecule has 0 spiro atoms. The molecule has 18 heavy (non-hydrogen) atoms. The van der Waals surface area contributed by atoms with Crippen LogP contribution in [0, 0.1) is 5.92 Å². The maximum absolute atomic E-state index is 5.54. The summed E-state index contributed by atoms with van der Waals surface area (Å²) in [6.07, 6.45) is 7.96. The van der Waals surface area contributed by atoms with Gasteiger partial charge in [-0.05, 0) is 52.2 Å². The molecule has 2 aliphatic rings. The van der Waals surface area contributed by atoms with Crippen LogP contribution in [0.3, 0.4) is 0 Å². The fourth-order valence-electron chi connectivity index (χ4n) is 4.09. The molecule has 3 nitrogen and oxygen atoms in total. The van der Waals surface area contributed by atoms with Crippen molar-refractivity contribution in [3.8, 4) is 0 Å². The third-order valence-corrected chi connectivity index (χ3v) is 5.10. The minimum absolute atomic E-state index is 0.387. The number of rotatable bonds is 5. The standard InChI is InChI=1S/C15H30N2O/c1-4-16-14(13-7-11-18-12-8-13)15(17(2)3)9-5-6-10-15/h13-14,16H,4-12H2,1-3H3. The molecule has 106 valence electrons. The lowest BCUT2D eigenvalue weighted by molar-refractivity contribution is 0.0103. The van der Waals surface area contributed by atoms with Crippen molar-refractivity contribution < 1.29 is 4.74 Å². The quantitative estimate of drug-likeness (QED) is 0.814. The van der Waals surface area contributed by atoms with Crippen molar-refractivity contribution in [2.75, 3.05) is 33.9 Å². The summed E-state index contributed by atoms with van der Waals surface area (Å²) in [7, 11) is 4.55. The highest BCUT2D eigenvalue weighted by molar-refractivity contribution is 5.04. The van der Waals surface area contributed by atoms with E-state index in [-0.39, 0.29) is 0 Å². The van der Waals surface area contributed by atoms with Crippen LogP contribution in [0.15, 0.2) is 0 Å². The van der Waals surface area contributed by atoms with E-state index >= 15 is 0 Å². The summed E-state index contributed by atoms with van der Waals surface area (Å²) in [5.74, 6) is 0.791. The van der Waals surface area contributed by atoms with Gasteiger partial charge in [-0.3, -0.25) is 0 Å². The van der Waals surface area contributed by atoms with Crippen molar-refractivity contribution in [3.05, 3.63) is 0 Å². The highest BCUT2D eigenvalue weighted by Crippen LogP contribution is 2.41. The summed E-state index contributed by atoms with van der Waals surface area (Å²) in [6, 6.07) is 0.642. The zero-order chi connectivity index (χ0) is 13.0. The van der Waals surface area contributed by atoms with Crippen LogP contribution in [0.1, 0.15) is 45.4 Å². The Kier molecular flexibility index (Phi) is 5.05. The first-order valence-corrected chi connectivity index (χ1v) is 7.69. The molecule has 1 heterocycles. The molecule has 0 bridgehead atoms. The summed E-state index contributed by atoms with van der Waals surface area (Å²) in [5.41, 5.74) is 0.387.